The van der Waals surface area contributed by atoms with Gasteiger partial charge in [0.25, 0.3) is 0 Å². The lowest BCUT2D eigenvalue weighted by Crippen LogP contribution is -2.34. The van der Waals surface area contributed by atoms with Crippen molar-refractivity contribution < 1.29 is 23.5 Å². The summed E-state index contributed by atoms with van der Waals surface area (Å²) in [6, 6.07) is 12.2. The predicted octanol–water partition coefficient (Wildman–Crippen LogP) is 4.42. The molecule has 2 amide bonds. The van der Waals surface area contributed by atoms with Crippen LogP contribution in [0.3, 0.4) is 0 Å². The largest absolute Gasteiger partial charge is 0.450 e. The zero-order chi connectivity index (χ0) is 18.2. The first-order valence-corrected chi connectivity index (χ1v) is 7.82. The van der Waals surface area contributed by atoms with Gasteiger partial charge in [0.15, 0.2) is 0 Å². The number of para-hydroxylation sites is 1. The van der Waals surface area contributed by atoms with Crippen LogP contribution in [0.1, 0.15) is 13.8 Å². The minimum Gasteiger partial charge on any atom is -0.450 e. The van der Waals surface area contributed by atoms with Crippen molar-refractivity contribution in [2.45, 2.75) is 13.8 Å². The number of halogens is 1. The number of anilines is 2. The third kappa shape index (κ3) is 4.94. The average Bonchev–Trinajstić information content (AvgIpc) is 2.57. The van der Waals surface area contributed by atoms with Crippen LogP contribution in [0, 0.1) is 5.82 Å². The second-order valence-electron chi connectivity index (χ2n) is 4.94. The summed E-state index contributed by atoms with van der Waals surface area (Å²) in [4.78, 5) is 25.0. The maximum Gasteiger partial charge on any atom is 0.419 e. The molecule has 7 heteroatoms. The first-order valence-electron chi connectivity index (χ1n) is 7.82. The van der Waals surface area contributed by atoms with Crippen LogP contribution >= 0.6 is 0 Å². The van der Waals surface area contributed by atoms with Gasteiger partial charge < -0.3 is 9.47 Å². The zero-order valence-corrected chi connectivity index (χ0v) is 14.0. The molecule has 0 heterocycles. The van der Waals surface area contributed by atoms with Crippen LogP contribution in [0.4, 0.5) is 25.4 Å². The Labute approximate surface area is 145 Å². The molecule has 0 saturated heterocycles. The molecule has 0 atom stereocenters. The summed E-state index contributed by atoms with van der Waals surface area (Å²) in [6.45, 7) is 3.89. The normalized spacial score (nSPS) is 10.0. The molecule has 0 radical (unpaired) electrons. The van der Waals surface area contributed by atoms with Crippen LogP contribution < -0.4 is 15.0 Å². The van der Waals surface area contributed by atoms with E-state index >= 15 is 0 Å². The average molecular weight is 346 g/mol. The van der Waals surface area contributed by atoms with Gasteiger partial charge in [0, 0.05) is 18.3 Å². The smallest absolute Gasteiger partial charge is 0.419 e. The Morgan fingerprint density at radius 2 is 1.88 bits per heavy atom. The lowest BCUT2D eigenvalue weighted by Gasteiger charge is -2.20. The summed E-state index contributed by atoms with van der Waals surface area (Å²) >= 11 is 0. The van der Waals surface area contributed by atoms with Gasteiger partial charge in [-0.3, -0.25) is 10.2 Å². The standard InChI is InChI=1S/C18H19FN2O4/c1-3-21(16-11-6-5-10-15(16)19)18(23)25-14-9-7-8-13(12-14)20-17(22)24-4-2/h5-12H,3-4H2,1-2H3,(H,20,22). The Bertz CT molecular complexity index is 751. The van der Waals surface area contributed by atoms with Gasteiger partial charge in [-0.15, -0.1) is 0 Å². The molecule has 6 nitrogen and oxygen atoms in total. The van der Waals surface area contributed by atoms with Gasteiger partial charge in [-0.1, -0.05) is 18.2 Å². The molecule has 132 valence electrons. The fraction of sp³-hybridized carbons (Fsp3) is 0.222. The van der Waals surface area contributed by atoms with Crippen molar-refractivity contribution in [3.63, 3.8) is 0 Å². The monoisotopic (exact) mass is 346 g/mol. The number of carbonyl (C=O) groups excluding carboxylic acids is 2. The van der Waals surface area contributed by atoms with E-state index in [1.165, 1.54) is 23.1 Å². The Kier molecular flexibility index (Phi) is 6.33. The third-order valence-electron chi connectivity index (χ3n) is 3.24. The minimum absolute atomic E-state index is 0.135. The molecule has 0 aliphatic heterocycles. The molecular formula is C18H19FN2O4. The molecule has 25 heavy (non-hydrogen) atoms. The summed E-state index contributed by atoms with van der Waals surface area (Å²) in [5.74, 6) is -0.298. The first kappa shape index (κ1) is 18.3. The molecule has 0 spiro atoms. The number of hydrogen-bond donors (Lipinski definition) is 1. The lowest BCUT2D eigenvalue weighted by molar-refractivity contribution is 0.168. The van der Waals surface area contributed by atoms with Crippen LogP contribution in [-0.4, -0.2) is 25.3 Å². The van der Waals surface area contributed by atoms with E-state index in [0.717, 1.165) is 0 Å². The minimum atomic E-state index is -0.721. The van der Waals surface area contributed by atoms with Crippen LogP contribution in [0.25, 0.3) is 0 Å². The number of carbonyl (C=O) groups is 2. The molecule has 0 unspecified atom stereocenters. The zero-order valence-electron chi connectivity index (χ0n) is 14.0. The van der Waals surface area contributed by atoms with Crippen molar-refractivity contribution in [3.05, 3.63) is 54.3 Å². The summed E-state index contributed by atoms with van der Waals surface area (Å²) in [6.07, 6.45) is -1.33. The number of nitrogens with zero attached hydrogens (tertiary/aromatic N) is 1. The van der Waals surface area contributed by atoms with Crippen molar-refractivity contribution in [2.24, 2.45) is 0 Å². The topological polar surface area (TPSA) is 67.9 Å². The second kappa shape index (κ2) is 8.68. The van der Waals surface area contributed by atoms with E-state index in [2.05, 4.69) is 5.32 Å². The van der Waals surface area contributed by atoms with Crippen LogP contribution in [0.5, 0.6) is 5.75 Å². The van der Waals surface area contributed by atoms with Crippen molar-refractivity contribution in [1.29, 1.82) is 0 Å². The van der Waals surface area contributed by atoms with Crippen LogP contribution in [0.2, 0.25) is 0 Å². The predicted molar refractivity (Wildman–Crippen MR) is 92.5 cm³/mol. The highest BCUT2D eigenvalue weighted by Gasteiger charge is 2.19. The first-order chi connectivity index (χ1) is 12.0. The molecule has 2 aromatic rings. The molecule has 0 aliphatic rings. The summed E-state index contributed by atoms with van der Waals surface area (Å²) in [7, 11) is 0. The van der Waals surface area contributed by atoms with Gasteiger partial charge >= 0.3 is 12.2 Å². The number of benzene rings is 2. The van der Waals surface area contributed by atoms with Gasteiger partial charge in [0.05, 0.1) is 12.3 Å². The molecular weight excluding hydrogens is 327 g/mol. The third-order valence-corrected chi connectivity index (χ3v) is 3.24. The Morgan fingerprint density at radius 1 is 1.12 bits per heavy atom. The van der Waals surface area contributed by atoms with Gasteiger partial charge in [0.1, 0.15) is 11.6 Å². The van der Waals surface area contributed by atoms with Crippen molar-refractivity contribution in [1.82, 2.24) is 0 Å². The summed E-state index contributed by atoms with van der Waals surface area (Å²) in [5, 5.41) is 2.51. The Morgan fingerprint density at radius 3 is 2.56 bits per heavy atom. The number of ether oxygens (including phenoxy) is 2. The fourth-order valence-corrected chi connectivity index (χ4v) is 2.15. The SMILES string of the molecule is CCOC(=O)Nc1cccc(OC(=O)N(CC)c2ccccc2F)c1. The highest BCUT2D eigenvalue weighted by Crippen LogP contribution is 2.22. The van der Waals surface area contributed by atoms with Gasteiger partial charge in [-0.05, 0) is 38.1 Å². The Hall–Kier alpha value is -3.09. The van der Waals surface area contributed by atoms with E-state index in [4.69, 9.17) is 9.47 Å². The molecule has 0 aromatic heterocycles. The molecule has 0 aliphatic carbocycles. The second-order valence-corrected chi connectivity index (χ2v) is 4.94. The van der Waals surface area contributed by atoms with E-state index in [-0.39, 0.29) is 24.6 Å². The maximum atomic E-state index is 13.9. The fourth-order valence-electron chi connectivity index (χ4n) is 2.15. The Balaban J connectivity index is 2.11. The van der Waals surface area contributed by atoms with Gasteiger partial charge in [-0.2, -0.15) is 0 Å². The number of nitrogens with one attached hydrogen (secondary N) is 1. The quantitative estimate of drug-likeness (QED) is 0.870. The van der Waals surface area contributed by atoms with E-state index in [1.807, 2.05) is 0 Å². The maximum absolute atomic E-state index is 13.9. The number of hydrogen-bond acceptors (Lipinski definition) is 4. The van der Waals surface area contributed by atoms with Crippen molar-refractivity contribution >= 4 is 23.6 Å². The number of amides is 2. The molecule has 0 bridgehead atoms. The molecule has 2 rings (SSSR count). The van der Waals surface area contributed by atoms with Crippen molar-refractivity contribution in [2.75, 3.05) is 23.4 Å². The van der Waals surface area contributed by atoms with E-state index < -0.39 is 18.0 Å². The molecule has 0 saturated carbocycles. The van der Waals surface area contributed by atoms with Gasteiger partial charge in [0.2, 0.25) is 0 Å². The lowest BCUT2D eigenvalue weighted by atomic mass is 10.3. The highest BCUT2D eigenvalue weighted by atomic mass is 19.1. The van der Waals surface area contributed by atoms with Crippen molar-refractivity contribution in [3.8, 4) is 5.75 Å². The number of rotatable bonds is 5. The highest BCUT2D eigenvalue weighted by molar-refractivity contribution is 5.89. The summed E-state index contributed by atoms with van der Waals surface area (Å²) in [5.41, 5.74) is 0.550. The molecule has 0 fully saturated rings. The van der Waals surface area contributed by atoms with Crippen LogP contribution in [0.15, 0.2) is 48.5 Å². The molecule has 2 aromatic carbocycles. The summed E-state index contributed by atoms with van der Waals surface area (Å²) < 4.78 is 24.0. The van der Waals surface area contributed by atoms with Crippen LogP contribution in [-0.2, 0) is 4.74 Å². The molecule has 1 N–H and O–H groups in total. The van der Waals surface area contributed by atoms with Gasteiger partial charge in [-0.25, -0.2) is 14.0 Å². The van der Waals surface area contributed by atoms with E-state index in [9.17, 15) is 14.0 Å². The van der Waals surface area contributed by atoms with E-state index in [0.29, 0.717) is 5.69 Å². The van der Waals surface area contributed by atoms with E-state index in [1.54, 1.807) is 44.2 Å².